The van der Waals surface area contributed by atoms with Crippen LogP contribution in [0, 0.1) is 5.82 Å². The number of benzene rings is 2. The highest BCUT2D eigenvalue weighted by atomic mass is 79.9. The van der Waals surface area contributed by atoms with Gasteiger partial charge in [-0.25, -0.2) is 4.39 Å². The Kier molecular flexibility index (Phi) is 4.33. The highest BCUT2D eigenvalue weighted by molar-refractivity contribution is 9.09. The lowest BCUT2D eigenvalue weighted by molar-refractivity contribution is 0.255. The Morgan fingerprint density at radius 3 is 2.56 bits per heavy atom. The molecule has 0 aliphatic heterocycles. The van der Waals surface area contributed by atoms with Crippen molar-refractivity contribution in [2.24, 2.45) is 0 Å². The molecule has 0 radical (unpaired) electrons. The maximum atomic E-state index is 13.2. The number of aliphatic hydroxyl groups excluding tert-OH is 1. The van der Waals surface area contributed by atoms with Crippen LogP contribution in [0.5, 0.6) is 5.75 Å². The normalized spacial score (nSPS) is 12.2. The van der Waals surface area contributed by atoms with Crippen LogP contribution in [0.2, 0.25) is 0 Å². The van der Waals surface area contributed by atoms with Crippen LogP contribution >= 0.6 is 15.9 Å². The highest BCUT2D eigenvalue weighted by Crippen LogP contribution is 2.30. The van der Waals surface area contributed by atoms with Gasteiger partial charge in [-0.05, 0) is 17.7 Å². The fourth-order valence-corrected chi connectivity index (χ4v) is 1.94. The van der Waals surface area contributed by atoms with Gasteiger partial charge in [-0.15, -0.1) is 0 Å². The lowest BCUT2D eigenvalue weighted by Crippen LogP contribution is -2.00. The lowest BCUT2D eigenvalue weighted by atomic mass is 10.2. The van der Waals surface area contributed by atoms with Crippen LogP contribution in [0.4, 0.5) is 4.39 Å². The quantitative estimate of drug-likeness (QED) is 0.871. The summed E-state index contributed by atoms with van der Waals surface area (Å²) in [5.74, 6) is -0.0572. The molecule has 0 aromatic heterocycles. The molecule has 0 aliphatic rings. The Bertz CT molecular complexity index is 514. The molecule has 0 amide bonds. The van der Waals surface area contributed by atoms with Gasteiger partial charge in [0.2, 0.25) is 0 Å². The third-order valence-electron chi connectivity index (χ3n) is 2.47. The maximum Gasteiger partial charge on any atom is 0.137 e. The molecule has 0 heterocycles. The third kappa shape index (κ3) is 3.31. The molecule has 0 spiro atoms. The minimum Gasteiger partial charge on any atom is -0.488 e. The maximum absolute atomic E-state index is 13.2. The molecule has 2 rings (SSSR count). The molecule has 2 nitrogen and oxygen atoms in total. The van der Waals surface area contributed by atoms with E-state index in [0.717, 1.165) is 5.56 Å². The molecule has 0 fully saturated rings. The van der Waals surface area contributed by atoms with Gasteiger partial charge in [0.1, 0.15) is 23.2 Å². The summed E-state index contributed by atoms with van der Waals surface area (Å²) < 4.78 is 18.7. The van der Waals surface area contributed by atoms with Gasteiger partial charge in [0.25, 0.3) is 0 Å². The second kappa shape index (κ2) is 5.98. The summed E-state index contributed by atoms with van der Waals surface area (Å²) in [6.07, 6.45) is 0. The third-order valence-corrected chi connectivity index (χ3v) is 2.96. The van der Waals surface area contributed by atoms with Crippen LogP contribution in [-0.2, 0) is 6.61 Å². The minimum absolute atomic E-state index is 0.330. The van der Waals surface area contributed by atoms with Crippen LogP contribution in [0.3, 0.4) is 0 Å². The Morgan fingerprint density at radius 1 is 1.17 bits per heavy atom. The molecule has 1 atom stereocenters. The van der Waals surface area contributed by atoms with E-state index < -0.39 is 10.8 Å². The van der Waals surface area contributed by atoms with Gasteiger partial charge in [-0.2, -0.15) is 0 Å². The topological polar surface area (TPSA) is 29.5 Å². The zero-order chi connectivity index (χ0) is 13.0. The average Bonchev–Trinajstić information content (AvgIpc) is 2.37. The summed E-state index contributed by atoms with van der Waals surface area (Å²) in [7, 11) is 0. The van der Waals surface area contributed by atoms with E-state index in [1.807, 2.05) is 30.3 Å². The van der Waals surface area contributed by atoms with Gasteiger partial charge >= 0.3 is 0 Å². The fraction of sp³-hybridized carbons (Fsp3) is 0.143. The fourth-order valence-electron chi connectivity index (χ4n) is 1.57. The molecule has 0 bridgehead atoms. The summed E-state index contributed by atoms with van der Waals surface area (Å²) in [5, 5.41) is 8.64. The van der Waals surface area contributed by atoms with Gasteiger partial charge in [0.05, 0.1) is 0 Å². The number of halogens is 2. The molecule has 1 N–H and O–H groups in total. The monoisotopic (exact) mass is 310 g/mol. The lowest BCUT2D eigenvalue weighted by Gasteiger charge is -2.12. The number of hydrogen-bond acceptors (Lipinski definition) is 2. The first-order valence-electron chi connectivity index (χ1n) is 5.45. The van der Waals surface area contributed by atoms with Crippen LogP contribution in [0.15, 0.2) is 48.5 Å². The van der Waals surface area contributed by atoms with Crippen molar-refractivity contribution in [3.63, 3.8) is 0 Å². The van der Waals surface area contributed by atoms with Crippen LogP contribution < -0.4 is 4.74 Å². The summed E-state index contributed by atoms with van der Waals surface area (Å²) in [4.78, 5) is 0. The van der Waals surface area contributed by atoms with Gasteiger partial charge in [-0.3, -0.25) is 0 Å². The van der Waals surface area contributed by atoms with Crippen LogP contribution in [0.25, 0.3) is 0 Å². The van der Waals surface area contributed by atoms with Crippen molar-refractivity contribution in [2.45, 2.75) is 11.6 Å². The Labute approximate surface area is 113 Å². The zero-order valence-corrected chi connectivity index (χ0v) is 11.1. The van der Waals surface area contributed by atoms with Crippen LogP contribution in [0.1, 0.15) is 16.1 Å². The first kappa shape index (κ1) is 13.1. The number of hydrogen-bond donors (Lipinski definition) is 1. The van der Waals surface area contributed by atoms with Gasteiger partial charge in [0, 0.05) is 11.6 Å². The van der Waals surface area contributed by atoms with Gasteiger partial charge < -0.3 is 9.84 Å². The van der Waals surface area contributed by atoms with E-state index in [-0.39, 0.29) is 0 Å². The molecule has 0 saturated carbocycles. The largest absolute Gasteiger partial charge is 0.488 e. The first-order chi connectivity index (χ1) is 8.66. The molecule has 2 aromatic carbocycles. The van der Waals surface area contributed by atoms with E-state index in [1.54, 1.807) is 0 Å². The Hall–Kier alpha value is -1.39. The van der Waals surface area contributed by atoms with E-state index in [2.05, 4.69) is 15.9 Å². The summed E-state index contributed by atoms with van der Waals surface area (Å²) >= 11 is 3.04. The van der Waals surface area contributed by atoms with Crippen molar-refractivity contribution in [3.05, 3.63) is 65.5 Å². The Morgan fingerprint density at radius 2 is 1.89 bits per heavy atom. The predicted molar refractivity (Wildman–Crippen MR) is 71.1 cm³/mol. The second-order valence-corrected chi connectivity index (χ2v) is 4.66. The number of ether oxygens (including phenoxy) is 1. The molecular formula is C14H12BrFO2. The number of aliphatic hydroxyl groups is 1. The van der Waals surface area contributed by atoms with E-state index >= 15 is 0 Å². The molecule has 0 saturated heterocycles. The first-order valence-corrected chi connectivity index (χ1v) is 6.36. The molecule has 0 aliphatic carbocycles. The summed E-state index contributed by atoms with van der Waals surface area (Å²) in [5.41, 5.74) is 1.49. The molecule has 18 heavy (non-hydrogen) atoms. The molecule has 4 heteroatoms. The number of alkyl halides is 1. The minimum atomic E-state index is -0.871. The van der Waals surface area contributed by atoms with Crippen molar-refractivity contribution in [3.8, 4) is 5.75 Å². The van der Waals surface area contributed by atoms with Gasteiger partial charge in [0.15, 0.2) is 0 Å². The predicted octanol–water partition coefficient (Wildman–Crippen LogP) is 3.79. The van der Waals surface area contributed by atoms with E-state index in [4.69, 9.17) is 4.74 Å². The van der Waals surface area contributed by atoms with Gasteiger partial charge in [-0.1, -0.05) is 46.3 Å². The van der Waals surface area contributed by atoms with E-state index in [1.165, 1.54) is 18.2 Å². The standard InChI is InChI=1S/C14H12BrFO2/c15-14(17)12-7-6-11(16)8-13(12)18-9-10-4-2-1-3-5-10/h1-8,14,17H,9H2/t14-/m0/s1. The zero-order valence-electron chi connectivity index (χ0n) is 9.51. The van der Waals surface area contributed by atoms with Crippen molar-refractivity contribution < 1.29 is 14.2 Å². The summed E-state index contributed by atoms with van der Waals surface area (Å²) in [6.45, 7) is 0.330. The van der Waals surface area contributed by atoms with E-state index in [9.17, 15) is 9.50 Å². The molecule has 94 valence electrons. The molecule has 0 unspecified atom stereocenters. The second-order valence-electron chi connectivity index (χ2n) is 3.79. The van der Waals surface area contributed by atoms with Crippen molar-refractivity contribution in [1.82, 2.24) is 0 Å². The van der Waals surface area contributed by atoms with Crippen molar-refractivity contribution in [2.75, 3.05) is 0 Å². The highest BCUT2D eigenvalue weighted by Gasteiger charge is 2.11. The SMILES string of the molecule is O[C@H](Br)c1ccc(F)cc1OCc1ccccc1. The van der Waals surface area contributed by atoms with Crippen molar-refractivity contribution in [1.29, 1.82) is 0 Å². The Balaban J connectivity index is 2.15. The van der Waals surface area contributed by atoms with Crippen molar-refractivity contribution >= 4 is 15.9 Å². The van der Waals surface area contributed by atoms with E-state index in [0.29, 0.717) is 17.9 Å². The summed E-state index contributed by atoms with van der Waals surface area (Å²) in [6, 6.07) is 13.6. The molecular weight excluding hydrogens is 299 g/mol. The molecule has 2 aromatic rings. The van der Waals surface area contributed by atoms with Crippen LogP contribution in [-0.4, -0.2) is 5.11 Å². The average molecular weight is 311 g/mol. The smallest absolute Gasteiger partial charge is 0.137 e. The number of rotatable bonds is 4.